The van der Waals surface area contributed by atoms with Crippen LogP contribution in [-0.2, 0) is 0 Å². The van der Waals surface area contributed by atoms with Gasteiger partial charge < -0.3 is 49.4 Å². The lowest BCUT2D eigenvalue weighted by atomic mass is 10.2. The van der Waals surface area contributed by atoms with Gasteiger partial charge in [0.2, 0.25) is 0 Å². The van der Waals surface area contributed by atoms with Gasteiger partial charge in [-0.25, -0.2) is 0 Å². The maximum Gasteiger partial charge on any atom is 0.169 e. The first kappa shape index (κ1) is 40.4. The van der Waals surface area contributed by atoms with Crippen LogP contribution in [0, 0.1) is 0 Å². The van der Waals surface area contributed by atoms with Crippen molar-refractivity contribution >= 4 is 11.4 Å². The molecule has 0 heterocycles. The Morgan fingerprint density at radius 1 is 0.188 bits per heavy atom. The van der Waals surface area contributed by atoms with Crippen LogP contribution in [0.5, 0.6) is 92.0 Å². The van der Waals surface area contributed by atoms with Crippen molar-refractivity contribution in [2.24, 2.45) is 0 Å². The van der Waals surface area contributed by atoms with Crippen molar-refractivity contribution in [3.05, 3.63) is 218 Å². The molecule has 0 bridgehead atoms. The van der Waals surface area contributed by atoms with E-state index in [0.29, 0.717) is 103 Å². The van der Waals surface area contributed by atoms with Crippen LogP contribution in [-0.4, -0.2) is 0 Å². The van der Waals surface area contributed by atoms with Gasteiger partial charge in [0.1, 0.15) is 69.0 Å². The topological polar surface area (TPSA) is 126 Å². The lowest BCUT2D eigenvalue weighted by molar-refractivity contribution is 0.414. The molecule has 0 aromatic heterocycles. The van der Waals surface area contributed by atoms with Crippen molar-refractivity contribution in [2.45, 2.75) is 0 Å². The molecule has 0 aliphatic rings. The van der Waals surface area contributed by atoms with E-state index in [-0.39, 0.29) is 0 Å². The summed E-state index contributed by atoms with van der Waals surface area (Å²) in [6, 6.07) is 66.2. The summed E-state index contributed by atoms with van der Waals surface area (Å²) < 4.78 is 49.1. The van der Waals surface area contributed by atoms with Crippen LogP contribution in [0.2, 0.25) is 0 Å². The number of hydrogen-bond acceptors (Lipinski definition) is 10. The molecule has 4 N–H and O–H groups in total. The molecule has 0 radical (unpaired) electrons. The van der Waals surface area contributed by atoms with Gasteiger partial charge in [0.05, 0.1) is 0 Å². The lowest BCUT2D eigenvalue weighted by Gasteiger charge is -2.14. The summed E-state index contributed by atoms with van der Waals surface area (Å²) in [6.07, 6.45) is 0. The Kier molecular flexibility index (Phi) is 12.1. The maximum absolute atomic E-state index is 6.22. The van der Waals surface area contributed by atoms with E-state index in [0.717, 1.165) is 0 Å². The van der Waals surface area contributed by atoms with Gasteiger partial charge in [-0.05, 0) is 146 Å². The third-order valence-corrected chi connectivity index (χ3v) is 9.35. The number of hydrogen-bond donors (Lipinski definition) is 2. The second kappa shape index (κ2) is 19.1. The Morgan fingerprint density at radius 3 is 0.703 bits per heavy atom. The molecule has 0 fully saturated rings. The van der Waals surface area contributed by atoms with Crippen molar-refractivity contribution < 1.29 is 37.9 Å². The van der Waals surface area contributed by atoms with E-state index in [4.69, 9.17) is 49.4 Å². The van der Waals surface area contributed by atoms with Gasteiger partial charge in [-0.2, -0.15) is 0 Å². The average molecular weight is 845 g/mol. The van der Waals surface area contributed by atoms with Crippen molar-refractivity contribution in [3.8, 4) is 92.0 Å². The minimum absolute atomic E-state index is 0.545. The Labute approximate surface area is 369 Å². The monoisotopic (exact) mass is 844 g/mol. The fourth-order valence-electron chi connectivity index (χ4n) is 6.38. The molecule has 0 saturated heterocycles. The highest BCUT2D eigenvalue weighted by Gasteiger charge is 2.12. The summed E-state index contributed by atoms with van der Waals surface area (Å²) in [5.41, 5.74) is 13.0. The van der Waals surface area contributed by atoms with Crippen LogP contribution in [0.4, 0.5) is 11.4 Å². The molecule has 0 atom stereocenters. The van der Waals surface area contributed by atoms with Crippen LogP contribution in [0.25, 0.3) is 0 Å². The van der Waals surface area contributed by atoms with Gasteiger partial charge >= 0.3 is 0 Å². The minimum atomic E-state index is 0.545. The molecular formula is C54H40N2O8. The van der Waals surface area contributed by atoms with Crippen LogP contribution in [0.15, 0.2) is 218 Å². The molecule has 0 spiro atoms. The number of para-hydroxylation sites is 4. The first-order valence-corrected chi connectivity index (χ1v) is 20.2. The molecule has 10 nitrogen and oxygen atoms in total. The van der Waals surface area contributed by atoms with Gasteiger partial charge in [0, 0.05) is 35.6 Å². The Hall–Kier alpha value is -9.02. The number of nitrogens with two attached hydrogens (primary N) is 2. The van der Waals surface area contributed by atoms with Gasteiger partial charge in [0.15, 0.2) is 23.0 Å². The highest BCUT2D eigenvalue weighted by atomic mass is 16.5. The van der Waals surface area contributed by atoms with E-state index >= 15 is 0 Å². The highest BCUT2D eigenvalue weighted by molar-refractivity contribution is 5.51. The average Bonchev–Trinajstić information content (AvgIpc) is 3.30. The number of ether oxygens (including phenoxy) is 8. The van der Waals surface area contributed by atoms with Gasteiger partial charge in [-0.3, -0.25) is 0 Å². The van der Waals surface area contributed by atoms with Crippen LogP contribution in [0.3, 0.4) is 0 Å². The summed E-state index contributed by atoms with van der Waals surface area (Å²) in [7, 11) is 0. The fraction of sp³-hybridized carbons (Fsp3) is 0. The van der Waals surface area contributed by atoms with Gasteiger partial charge in [0.25, 0.3) is 0 Å². The van der Waals surface area contributed by atoms with E-state index in [2.05, 4.69) is 0 Å². The number of nitrogen functional groups attached to an aromatic ring is 2. The van der Waals surface area contributed by atoms with Gasteiger partial charge in [-0.1, -0.05) is 48.5 Å². The maximum atomic E-state index is 6.22. The molecule has 0 unspecified atom stereocenters. The molecular weight excluding hydrogens is 805 g/mol. The Balaban J connectivity index is 0.769. The summed E-state index contributed by atoms with van der Waals surface area (Å²) in [5, 5.41) is 0. The minimum Gasteiger partial charge on any atom is -0.457 e. The lowest BCUT2D eigenvalue weighted by Crippen LogP contribution is -1.92. The number of rotatable bonds is 16. The largest absolute Gasteiger partial charge is 0.457 e. The first-order valence-electron chi connectivity index (χ1n) is 20.2. The molecule has 9 aromatic rings. The smallest absolute Gasteiger partial charge is 0.169 e. The zero-order chi connectivity index (χ0) is 43.5. The summed E-state index contributed by atoms with van der Waals surface area (Å²) >= 11 is 0. The second-order valence-electron chi connectivity index (χ2n) is 14.2. The fourth-order valence-corrected chi connectivity index (χ4v) is 6.38. The van der Waals surface area contributed by atoms with E-state index in [1.54, 1.807) is 24.3 Å². The standard InChI is InChI=1S/C54H40N2O8/c55-37-9-5-11-45(33-37)59-47-13-7-15-49(35-47)63-53-19-3-1-17-51(53)61-43-29-25-41(26-30-43)57-39-21-23-40(24-22-39)58-42-27-31-44(32-28-42)62-52-18-2-4-20-54(52)64-50-16-8-14-48(36-50)60-46-12-6-10-38(56)34-46/h1-36H,55-56H2. The van der Waals surface area contributed by atoms with Crippen molar-refractivity contribution in [1.29, 1.82) is 0 Å². The number of anilines is 2. The predicted molar refractivity (Wildman–Crippen MR) is 247 cm³/mol. The SMILES string of the molecule is Nc1cccc(Oc2cccc(Oc3ccccc3Oc3ccc(Oc4ccc(Oc5ccc(Oc6ccccc6Oc6cccc(Oc7cccc(N)c7)c6)cc5)cc4)cc3)c2)c1. The summed E-state index contributed by atoms with van der Waals surface area (Å²) in [4.78, 5) is 0. The molecule has 314 valence electrons. The van der Waals surface area contributed by atoms with Crippen molar-refractivity contribution in [1.82, 2.24) is 0 Å². The van der Waals surface area contributed by atoms with Crippen molar-refractivity contribution in [2.75, 3.05) is 11.5 Å². The van der Waals surface area contributed by atoms with E-state index in [9.17, 15) is 0 Å². The third-order valence-electron chi connectivity index (χ3n) is 9.35. The molecule has 0 aliphatic heterocycles. The van der Waals surface area contributed by atoms with Crippen LogP contribution < -0.4 is 49.4 Å². The van der Waals surface area contributed by atoms with Gasteiger partial charge in [-0.15, -0.1) is 0 Å². The summed E-state index contributed by atoms with van der Waals surface area (Å²) in [6.45, 7) is 0. The van der Waals surface area contributed by atoms with Crippen LogP contribution >= 0.6 is 0 Å². The number of benzene rings is 9. The van der Waals surface area contributed by atoms with E-state index in [1.165, 1.54) is 0 Å². The molecule has 9 rings (SSSR count). The molecule has 0 saturated carbocycles. The summed E-state index contributed by atoms with van der Waals surface area (Å²) in [5.74, 6) is 9.67. The molecule has 10 heteroatoms. The second-order valence-corrected chi connectivity index (χ2v) is 14.2. The molecule has 9 aromatic carbocycles. The Bertz CT molecular complexity index is 2770. The molecule has 0 amide bonds. The third kappa shape index (κ3) is 10.8. The Morgan fingerprint density at radius 2 is 0.406 bits per heavy atom. The van der Waals surface area contributed by atoms with Crippen LogP contribution in [0.1, 0.15) is 0 Å². The quantitative estimate of drug-likeness (QED) is 0.0908. The van der Waals surface area contributed by atoms with E-state index < -0.39 is 0 Å². The molecule has 64 heavy (non-hydrogen) atoms. The highest BCUT2D eigenvalue weighted by Crippen LogP contribution is 2.39. The zero-order valence-electron chi connectivity index (χ0n) is 34.2. The predicted octanol–water partition coefficient (Wildman–Crippen LogP) is 15.2. The normalized spacial score (nSPS) is 10.6. The first-order chi connectivity index (χ1) is 31.4. The molecule has 0 aliphatic carbocycles. The zero-order valence-corrected chi connectivity index (χ0v) is 34.2. The van der Waals surface area contributed by atoms with Crippen molar-refractivity contribution in [3.63, 3.8) is 0 Å². The van der Waals surface area contributed by atoms with E-state index in [1.807, 2.05) is 194 Å².